The van der Waals surface area contributed by atoms with Gasteiger partial charge in [0.1, 0.15) is 5.42 Å². The van der Waals surface area contributed by atoms with Gasteiger partial charge in [0.05, 0.1) is 6.26 Å². The van der Waals surface area contributed by atoms with Gasteiger partial charge in [-0.3, -0.25) is 0 Å². The largest absolute Gasteiger partial charge is 0.464 e. The molecule has 0 fully saturated rings. The fourth-order valence-electron chi connectivity index (χ4n) is 1.08. The lowest BCUT2D eigenvalue weighted by Gasteiger charge is -1.76. The molecule has 0 saturated heterocycles. The molecule has 1 aromatic heterocycles. The van der Waals surface area contributed by atoms with Gasteiger partial charge in [-0.15, -0.1) is 0 Å². The molecule has 0 aliphatic rings. The third-order valence-corrected chi connectivity index (χ3v) is 1.61. The van der Waals surface area contributed by atoms with Crippen LogP contribution in [0.25, 0.3) is 12.2 Å². The summed E-state index contributed by atoms with van der Waals surface area (Å²) in [4.78, 5) is 0. The lowest BCUT2D eigenvalue weighted by Crippen LogP contribution is -2.20. The summed E-state index contributed by atoms with van der Waals surface area (Å²) in [5.41, 5.74) is 2.06. The summed E-state index contributed by atoms with van der Waals surface area (Å²) >= 11 is 0. The number of rotatable bonds is 1. The highest BCUT2D eigenvalue weighted by Crippen LogP contribution is 1.83. The van der Waals surface area contributed by atoms with Crippen LogP contribution >= 0.6 is 0 Å². The first-order valence-corrected chi connectivity index (χ1v) is 3.62. The van der Waals surface area contributed by atoms with E-state index in [0.29, 0.717) is 0 Å². The van der Waals surface area contributed by atoms with Crippen LogP contribution in [-0.2, 0) is 0 Å². The predicted molar refractivity (Wildman–Crippen MR) is 47.5 cm³/mol. The maximum absolute atomic E-state index is 5.27. The highest BCUT2D eigenvalue weighted by Gasteiger charge is 1.91. The number of furan rings is 1. The molecule has 11 heavy (non-hydrogen) atoms. The fourth-order valence-corrected chi connectivity index (χ4v) is 1.08. The first-order valence-electron chi connectivity index (χ1n) is 3.62. The minimum atomic E-state index is 0.889. The molecule has 0 N–H and O–H groups in total. The normalized spacial score (nSPS) is 14.0. The van der Waals surface area contributed by atoms with E-state index >= 15 is 0 Å². The molecule has 1 heteroatoms. The van der Waals surface area contributed by atoms with Crippen LogP contribution in [0.2, 0.25) is 0 Å². The second-order valence-corrected chi connectivity index (χ2v) is 2.39. The van der Waals surface area contributed by atoms with Crippen molar-refractivity contribution in [1.29, 1.82) is 0 Å². The molecule has 0 aliphatic heterocycles. The van der Waals surface area contributed by atoms with Gasteiger partial charge in [0, 0.05) is 5.22 Å². The monoisotopic (exact) mass is 148 g/mol. The van der Waals surface area contributed by atoms with E-state index in [1.54, 1.807) is 12.3 Å². The van der Waals surface area contributed by atoms with Crippen LogP contribution in [0, 0.1) is 6.92 Å². The van der Waals surface area contributed by atoms with Crippen LogP contribution in [0.5, 0.6) is 0 Å². The van der Waals surface area contributed by atoms with E-state index in [1.807, 2.05) is 26.0 Å². The van der Waals surface area contributed by atoms with Gasteiger partial charge in [-0.25, -0.2) is 0 Å². The summed E-state index contributed by atoms with van der Waals surface area (Å²) in [5, 5.41) is 1.16. The zero-order chi connectivity index (χ0) is 8.27. The highest BCUT2D eigenvalue weighted by molar-refractivity contribution is 5.36. The lowest BCUT2D eigenvalue weighted by molar-refractivity contribution is 0.530. The van der Waals surface area contributed by atoms with E-state index in [9.17, 15) is 0 Å². The molecule has 0 aromatic carbocycles. The van der Waals surface area contributed by atoms with Crippen LogP contribution in [0.15, 0.2) is 23.3 Å². The number of aryl methyl sites for hydroxylation is 1. The van der Waals surface area contributed by atoms with Crippen molar-refractivity contribution in [2.24, 2.45) is 0 Å². The Labute approximate surface area is 66.3 Å². The summed E-state index contributed by atoms with van der Waals surface area (Å²) in [7, 11) is 0. The minimum Gasteiger partial charge on any atom is -0.464 e. The third kappa shape index (κ3) is 1.43. The minimum absolute atomic E-state index is 0.889. The highest BCUT2D eigenvalue weighted by atomic mass is 16.3. The molecule has 0 aliphatic carbocycles. The average molecular weight is 148 g/mol. The van der Waals surface area contributed by atoms with Gasteiger partial charge >= 0.3 is 0 Å². The van der Waals surface area contributed by atoms with Gasteiger partial charge in [-0.05, 0) is 25.5 Å². The van der Waals surface area contributed by atoms with Crippen LogP contribution in [0.1, 0.15) is 12.5 Å². The van der Waals surface area contributed by atoms with E-state index < -0.39 is 0 Å². The molecule has 0 unspecified atom stereocenters. The predicted octanol–water partition coefficient (Wildman–Crippen LogP) is 1.35. The molecule has 1 rings (SSSR count). The van der Waals surface area contributed by atoms with Gasteiger partial charge < -0.3 is 4.42 Å². The van der Waals surface area contributed by atoms with Crippen molar-refractivity contribution >= 4 is 12.2 Å². The lowest BCUT2D eigenvalue weighted by atomic mass is 10.3. The Morgan fingerprint density at radius 2 is 2.27 bits per heavy atom. The Bertz CT molecular complexity index is 355. The van der Waals surface area contributed by atoms with Crippen molar-refractivity contribution in [3.63, 3.8) is 0 Å². The molecule has 0 atom stereocenters. The van der Waals surface area contributed by atoms with Crippen molar-refractivity contribution in [3.05, 3.63) is 35.1 Å². The molecule has 1 nitrogen and oxygen atoms in total. The van der Waals surface area contributed by atoms with Crippen molar-refractivity contribution in [3.8, 4) is 0 Å². The quantitative estimate of drug-likeness (QED) is 0.586. The van der Waals surface area contributed by atoms with Crippen LogP contribution in [0.3, 0.4) is 0 Å². The average Bonchev–Trinajstić information content (AvgIpc) is 2.33. The van der Waals surface area contributed by atoms with Crippen LogP contribution < -0.4 is 10.6 Å². The van der Waals surface area contributed by atoms with E-state index in [-0.39, 0.29) is 0 Å². The van der Waals surface area contributed by atoms with Gasteiger partial charge in [-0.1, -0.05) is 18.7 Å². The van der Waals surface area contributed by atoms with Crippen molar-refractivity contribution < 1.29 is 4.42 Å². The number of allylic oxidation sites excluding steroid dienone is 1. The molecule has 0 saturated carbocycles. The number of hydrogen-bond acceptors (Lipinski definition) is 1. The Morgan fingerprint density at radius 3 is 2.82 bits per heavy atom. The van der Waals surface area contributed by atoms with Crippen molar-refractivity contribution in [1.82, 2.24) is 0 Å². The van der Waals surface area contributed by atoms with E-state index in [0.717, 1.165) is 10.6 Å². The molecular weight excluding hydrogens is 136 g/mol. The molecule has 58 valence electrons. The topological polar surface area (TPSA) is 13.1 Å². The molecular formula is C10H12O. The summed E-state index contributed by atoms with van der Waals surface area (Å²) in [5.74, 6) is 0. The maximum Gasteiger partial charge on any atom is 0.133 e. The number of hydrogen-bond donors (Lipinski definition) is 0. The van der Waals surface area contributed by atoms with Crippen LogP contribution in [0.4, 0.5) is 0 Å². The zero-order valence-corrected chi connectivity index (χ0v) is 6.92. The van der Waals surface area contributed by atoms with Crippen molar-refractivity contribution in [2.75, 3.05) is 0 Å². The Morgan fingerprint density at radius 1 is 1.55 bits per heavy atom. The summed E-state index contributed by atoms with van der Waals surface area (Å²) in [6, 6.07) is 0. The Hall–Kier alpha value is -1.24. The summed E-state index contributed by atoms with van der Waals surface area (Å²) < 4.78 is 5.27. The van der Waals surface area contributed by atoms with Crippen LogP contribution in [-0.4, -0.2) is 0 Å². The molecule has 0 amide bonds. The van der Waals surface area contributed by atoms with Gasteiger partial charge in [0.2, 0.25) is 0 Å². The van der Waals surface area contributed by atoms with E-state index in [4.69, 9.17) is 4.42 Å². The Balaban J connectivity index is 3.52. The Kier molecular flexibility index (Phi) is 2.32. The molecule has 1 aromatic rings. The first kappa shape index (κ1) is 7.86. The second kappa shape index (κ2) is 3.24. The van der Waals surface area contributed by atoms with E-state index in [2.05, 4.69) is 6.58 Å². The van der Waals surface area contributed by atoms with Gasteiger partial charge in [-0.2, -0.15) is 0 Å². The molecule has 1 heterocycles. The SMILES string of the molecule is C=C/C=c1/occ(C)/c1=C/C. The van der Waals surface area contributed by atoms with Gasteiger partial charge in [0.25, 0.3) is 0 Å². The maximum atomic E-state index is 5.27. The summed E-state index contributed by atoms with van der Waals surface area (Å²) in [6.07, 6.45) is 7.38. The molecule has 0 spiro atoms. The van der Waals surface area contributed by atoms with Gasteiger partial charge in [0.15, 0.2) is 0 Å². The van der Waals surface area contributed by atoms with Crippen molar-refractivity contribution in [2.45, 2.75) is 13.8 Å². The second-order valence-electron chi connectivity index (χ2n) is 2.39. The molecule has 0 radical (unpaired) electrons. The first-order chi connectivity index (χ1) is 5.29. The standard InChI is InChI=1S/C10H12O/c1-4-6-10-9(5-2)8(3)7-11-10/h4-7H,1H2,2-3H3/b9-5-,10-6+. The molecule has 0 bridgehead atoms. The fraction of sp³-hybridized carbons (Fsp3) is 0.200. The zero-order valence-electron chi connectivity index (χ0n) is 6.92. The summed E-state index contributed by atoms with van der Waals surface area (Å²) in [6.45, 7) is 7.64. The third-order valence-electron chi connectivity index (χ3n) is 1.61. The van der Waals surface area contributed by atoms with E-state index in [1.165, 1.54) is 5.56 Å². The smallest absolute Gasteiger partial charge is 0.133 e.